The van der Waals surface area contributed by atoms with Crippen molar-refractivity contribution < 1.29 is 0 Å². The highest BCUT2D eigenvalue weighted by atomic mass is 15.0. The predicted octanol–water partition coefficient (Wildman–Crippen LogP) is 9.76. The summed E-state index contributed by atoms with van der Waals surface area (Å²) in [7, 11) is 0. The minimum absolute atomic E-state index is 0.222. The molecule has 4 aromatic carbocycles. The quantitative estimate of drug-likeness (QED) is 0.201. The number of benzene rings is 4. The standard InChI is InChI=1S/C40H28N4/c1-40(2)37-29-16-6-4-14-27(29)26-13-3-5-15-28(26)36(37)39-38(40)30-17-7-8-20-35(30)44(39)25-23-33(31-18-9-11-21-41-31)43-34(24-25)32-19-10-12-22-42-32/h3-24H,1-2H3. The van der Waals surface area contributed by atoms with Crippen LogP contribution in [0.1, 0.15) is 25.0 Å². The zero-order chi connectivity index (χ0) is 29.4. The van der Waals surface area contributed by atoms with Gasteiger partial charge < -0.3 is 4.57 Å². The Balaban J connectivity index is 1.46. The van der Waals surface area contributed by atoms with Crippen molar-refractivity contribution in [1.82, 2.24) is 19.5 Å². The maximum Gasteiger partial charge on any atom is 0.0915 e. The number of fused-ring (bicyclic) bond motifs is 10. The van der Waals surface area contributed by atoms with Gasteiger partial charge in [0.1, 0.15) is 0 Å². The summed E-state index contributed by atoms with van der Waals surface area (Å²) in [5.41, 5.74) is 10.6. The molecule has 1 aliphatic carbocycles. The van der Waals surface area contributed by atoms with Crippen LogP contribution in [0.5, 0.6) is 0 Å². The molecular weight excluding hydrogens is 536 g/mol. The van der Waals surface area contributed by atoms with Crippen LogP contribution in [0.3, 0.4) is 0 Å². The first kappa shape index (κ1) is 24.9. The molecule has 0 amide bonds. The molecule has 208 valence electrons. The number of hydrogen-bond acceptors (Lipinski definition) is 3. The number of nitrogens with zero attached hydrogens (tertiary/aromatic N) is 4. The molecule has 0 saturated carbocycles. The summed E-state index contributed by atoms with van der Waals surface area (Å²) in [6, 6.07) is 42.9. The van der Waals surface area contributed by atoms with Gasteiger partial charge in [-0.15, -0.1) is 0 Å². The van der Waals surface area contributed by atoms with Crippen molar-refractivity contribution in [2.75, 3.05) is 0 Å². The van der Waals surface area contributed by atoms with Gasteiger partial charge in [-0.25, -0.2) is 4.98 Å². The van der Waals surface area contributed by atoms with E-state index in [0.29, 0.717) is 0 Å². The molecule has 0 unspecified atom stereocenters. The molecule has 0 spiro atoms. The van der Waals surface area contributed by atoms with Gasteiger partial charge in [-0.1, -0.05) is 92.7 Å². The van der Waals surface area contributed by atoms with Crippen LogP contribution >= 0.6 is 0 Å². The fourth-order valence-corrected chi connectivity index (χ4v) is 7.48. The van der Waals surface area contributed by atoms with E-state index in [1.165, 1.54) is 54.8 Å². The van der Waals surface area contributed by atoms with E-state index >= 15 is 0 Å². The van der Waals surface area contributed by atoms with Crippen LogP contribution in [0, 0.1) is 0 Å². The summed E-state index contributed by atoms with van der Waals surface area (Å²) in [4.78, 5) is 14.4. The first-order valence-corrected chi connectivity index (χ1v) is 15.0. The minimum atomic E-state index is -0.222. The normalized spacial score (nSPS) is 13.4. The number of aromatic nitrogens is 4. The zero-order valence-corrected chi connectivity index (χ0v) is 24.5. The third-order valence-electron chi connectivity index (χ3n) is 9.22. The average molecular weight is 565 g/mol. The lowest BCUT2D eigenvalue weighted by atomic mass is 9.78. The maximum absolute atomic E-state index is 5.08. The van der Waals surface area contributed by atoms with Crippen LogP contribution < -0.4 is 0 Å². The maximum atomic E-state index is 5.08. The number of para-hydroxylation sites is 1. The van der Waals surface area contributed by atoms with Crippen molar-refractivity contribution in [2.45, 2.75) is 19.3 Å². The fraction of sp³-hybridized carbons (Fsp3) is 0.0750. The molecule has 0 aliphatic heterocycles. The van der Waals surface area contributed by atoms with E-state index in [0.717, 1.165) is 28.5 Å². The van der Waals surface area contributed by atoms with Crippen molar-refractivity contribution in [2.24, 2.45) is 0 Å². The lowest BCUT2D eigenvalue weighted by Crippen LogP contribution is -2.15. The molecule has 9 rings (SSSR count). The molecule has 4 heterocycles. The molecule has 0 N–H and O–H groups in total. The van der Waals surface area contributed by atoms with Gasteiger partial charge in [0.15, 0.2) is 0 Å². The number of hydrogen-bond donors (Lipinski definition) is 0. The van der Waals surface area contributed by atoms with Gasteiger partial charge in [-0.2, -0.15) is 0 Å². The first-order valence-electron chi connectivity index (χ1n) is 15.0. The van der Waals surface area contributed by atoms with Gasteiger partial charge in [0.2, 0.25) is 0 Å². The highest BCUT2D eigenvalue weighted by Crippen LogP contribution is 2.58. The second-order valence-corrected chi connectivity index (χ2v) is 12.1. The Bertz CT molecular complexity index is 2350. The molecule has 0 saturated heterocycles. The van der Waals surface area contributed by atoms with Crippen molar-refractivity contribution in [3.63, 3.8) is 0 Å². The van der Waals surface area contributed by atoms with Crippen LogP contribution in [0.25, 0.3) is 72.2 Å². The van der Waals surface area contributed by atoms with Crippen LogP contribution in [0.2, 0.25) is 0 Å². The van der Waals surface area contributed by atoms with Crippen molar-refractivity contribution in [3.05, 3.63) is 145 Å². The Morgan fingerprint density at radius 3 is 1.64 bits per heavy atom. The van der Waals surface area contributed by atoms with E-state index in [-0.39, 0.29) is 5.41 Å². The van der Waals surface area contributed by atoms with E-state index in [1.54, 1.807) is 0 Å². The van der Waals surface area contributed by atoms with Crippen LogP contribution in [0.4, 0.5) is 0 Å². The molecule has 0 atom stereocenters. The van der Waals surface area contributed by atoms with Crippen LogP contribution in [0.15, 0.2) is 134 Å². The number of rotatable bonds is 3. The molecule has 0 fully saturated rings. The molecule has 4 heteroatoms. The highest BCUT2D eigenvalue weighted by Gasteiger charge is 2.43. The topological polar surface area (TPSA) is 43.6 Å². The van der Waals surface area contributed by atoms with Gasteiger partial charge in [-0.3, -0.25) is 9.97 Å². The van der Waals surface area contributed by atoms with Crippen molar-refractivity contribution >= 4 is 32.4 Å². The third kappa shape index (κ3) is 3.42. The molecule has 4 aromatic heterocycles. The Kier molecular flexibility index (Phi) is 5.21. The monoisotopic (exact) mass is 564 g/mol. The van der Waals surface area contributed by atoms with E-state index in [1.807, 2.05) is 48.8 Å². The lowest BCUT2D eigenvalue weighted by molar-refractivity contribution is 0.672. The summed E-state index contributed by atoms with van der Waals surface area (Å²) in [5.74, 6) is 0. The SMILES string of the molecule is CC1(C)c2c(c3ccccc3c3ccccc23)-c2c1c1ccccc1n2-c1cc(-c2ccccn2)nc(-c2ccccn2)c1. The number of pyridine rings is 3. The first-order chi connectivity index (χ1) is 21.6. The molecule has 4 nitrogen and oxygen atoms in total. The summed E-state index contributed by atoms with van der Waals surface area (Å²) >= 11 is 0. The fourth-order valence-electron chi connectivity index (χ4n) is 7.48. The Labute approximate surface area is 255 Å². The predicted molar refractivity (Wildman–Crippen MR) is 180 cm³/mol. The van der Waals surface area contributed by atoms with E-state index in [4.69, 9.17) is 4.98 Å². The van der Waals surface area contributed by atoms with Gasteiger partial charge in [-0.05, 0) is 75.1 Å². The minimum Gasteiger partial charge on any atom is -0.309 e. The second kappa shape index (κ2) is 9.19. The average Bonchev–Trinajstić information content (AvgIpc) is 3.56. The largest absolute Gasteiger partial charge is 0.309 e. The molecule has 0 bridgehead atoms. The van der Waals surface area contributed by atoms with Gasteiger partial charge in [0.05, 0.1) is 39.7 Å². The van der Waals surface area contributed by atoms with Crippen LogP contribution in [-0.2, 0) is 5.41 Å². The van der Waals surface area contributed by atoms with Crippen LogP contribution in [-0.4, -0.2) is 19.5 Å². The van der Waals surface area contributed by atoms with Gasteiger partial charge in [0, 0.05) is 28.8 Å². The third-order valence-corrected chi connectivity index (χ3v) is 9.22. The molecular formula is C40H28N4. The summed E-state index contributed by atoms with van der Waals surface area (Å²) < 4.78 is 2.46. The van der Waals surface area contributed by atoms with E-state index in [2.05, 4.69) is 113 Å². The van der Waals surface area contributed by atoms with Gasteiger partial charge >= 0.3 is 0 Å². The van der Waals surface area contributed by atoms with Gasteiger partial charge in [0.25, 0.3) is 0 Å². The van der Waals surface area contributed by atoms with Crippen molar-refractivity contribution in [3.8, 4) is 39.7 Å². The Morgan fingerprint density at radius 2 is 1.02 bits per heavy atom. The van der Waals surface area contributed by atoms with Crippen molar-refractivity contribution in [1.29, 1.82) is 0 Å². The summed E-state index contributed by atoms with van der Waals surface area (Å²) in [6.07, 6.45) is 3.64. The highest BCUT2D eigenvalue weighted by molar-refractivity contribution is 6.19. The molecule has 0 radical (unpaired) electrons. The van der Waals surface area contributed by atoms with E-state index in [9.17, 15) is 0 Å². The molecule has 1 aliphatic rings. The smallest absolute Gasteiger partial charge is 0.0915 e. The summed E-state index contributed by atoms with van der Waals surface area (Å²) in [6.45, 7) is 4.78. The summed E-state index contributed by atoms with van der Waals surface area (Å²) in [5, 5.41) is 6.44. The molecule has 44 heavy (non-hydrogen) atoms. The molecule has 8 aromatic rings. The Hall–Kier alpha value is -5.61. The lowest BCUT2D eigenvalue weighted by Gasteiger charge is -2.24. The zero-order valence-electron chi connectivity index (χ0n) is 24.5. The second-order valence-electron chi connectivity index (χ2n) is 12.1. The van der Waals surface area contributed by atoms with E-state index < -0.39 is 0 Å². The Morgan fingerprint density at radius 1 is 0.500 bits per heavy atom.